The molecular weight excluding hydrogens is 255 g/mol. The smallest absolute Gasteiger partial charge is 0.226 e. The molecule has 0 N–H and O–H groups in total. The summed E-state index contributed by atoms with van der Waals surface area (Å²) in [5.74, 6) is 0.130. The molecule has 2 unspecified atom stereocenters. The summed E-state index contributed by atoms with van der Waals surface area (Å²) >= 11 is 0. The molecule has 1 saturated carbocycles. The highest BCUT2D eigenvalue weighted by molar-refractivity contribution is 5.83. The van der Waals surface area contributed by atoms with E-state index >= 15 is 0 Å². The molecule has 3 rings (SSSR count). The van der Waals surface area contributed by atoms with E-state index in [1.807, 2.05) is 17.0 Å². The number of piperazine rings is 1. The Balaban J connectivity index is 1.60. The lowest BCUT2D eigenvalue weighted by Crippen LogP contribution is -2.49. The van der Waals surface area contributed by atoms with E-state index < -0.39 is 0 Å². The van der Waals surface area contributed by atoms with Crippen molar-refractivity contribution >= 4 is 5.91 Å². The normalized spacial score (nSPS) is 26.6. The summed E-state index contributed by atoms with van der Waals surface area (Å²) in [5.41, 5.74) is 0.707. The fraction of sp³-hybridized carbons (Fsp3) is 0.562. The predicted molar refractivity (Wildman–Crippen MR) is 75.9 cm³/mol. The van der Waals surface area contributed by atoms with E-state index in [0.29, 0.717) is 5.56 Å². The molecule has 0 aromatic heterocycles. The predicted octanol–water partition coefficient (Wildman–Crippen LogP) is 2.09. The lowest BCUT2D eigenvalue weighted by molar-refractivity contribution is -0.134. The molecule has 1 aromatic carbocycles. The zero-order chi connectivity index (χ0) is 14.1. The number of hydrogen-bond donors (Lipinski definition) is 0. The first-order valence-corrected chi connectivity index (χ1v) is 7.46. The maximum atomic E-state index is 13.7. The third-order valence-corrected chi connectivity index (χ3v) is 4.54. The number of carbonyl (C=O) groups excluding carboxylic acids is 1. The molecule has 4 heteroatoms. The largest absolute Gasteiger partial charge is 0.340 e. The van der Waals surface area contributed by atoms with Gasteiger partial charge < -0.3 is 9.80 Å². The van der Waals surface area contributed by atoms with Gasteiger partial charge in [0, 0.05) is 32.1 Å². The fourth-order valence-corrected chi connectivity index (χ4v) is 3.11. The second-order valence-corrected chi connectivity index (χ2v) is 5.73. The van der Waals surface area contributed by atoms with Crippen molar-refractivity contribution in [1.82, 2.24) is 9.80 Å². The average Bonchev–Trinajstić information content (AvgIpc) is 3.27. The van der Waals surface area contributed by atoms with Gasteiger partial charge in [0.15, 0.2) is 0 Å². The Kier molecular flexibility index (Phi) is 3.74. The van der Waals surface area contributed by atoms with Crippen LogP contribution in [0.4, 0.5) is 4.39 Å². The van der Waals surface area contributed by atoms with E-state index in [4.69, 9.17) is 0 Å². The van der Waals surface area contributed by atoms with Crippen molar-refractivity contribution in [3.05, 3.63) is 35.6 Å². The molecule has 1 heterocycles. The second-order valence-electron chi connectivity index (χ2n) is 5.73. The number of amides is 1. The maximum absolute atomic E-state index is 13.7. The van der Waals surface area contributed by atoms with Crippen molar-refractivity contribution in [2.75, 3.05) is 32.7 Å². The molecule has 1 aliphatic carbocycles. The van der Waals surface area contributed by atoms with E-state index in [1.165, 1.54) is 6.07 Å². The number of nitrogens with zero attached hydrogens (tertiary/aromatic N) is 2. The zero-order valence-electron chi connectivity index (χ0n) is 11.9. The second kappa shape index (κ2) is 5.52. The van der Waals surface area contributed by atoms with Gasteiger partial charge in [-0.3, -0.25) is 4.79 Å². The first kappa shape index (κ1) is 13.6. The van der Waals surface area contributed by atoms with Crippen LogP contribution in [0.3, 0.4) is 0 Å². The van der Waals surface area contributed by atoms with Crippen LogP contribution in [0.25, 0.3) is 0 Å². The molecule has 1 saturated heterocycles. The molecule has 108 valence electrons. The summed E-state index contributed by atoms with van der Waals surface area (Å²) in [6.45, 7) is 6.73. The van der Waals surface area contributed by atoms with Crippen molar-refractivity contribution in [3.63, 3.8) is 0 Å². The van der Waals surface area contributed by atoms with Crippen molar-refractivity contribution in [3.8, 4) is 0 Å². The molecule has 2 atom stereocenters. The van der Waals surface area contributed by atoms with E-state index in [0.717, 1.165) is 39.1 Å². The topological polar surface area (TPSA) is 23.6 Å². The molecule has 1 amide bonds. The molecular formula is C16H21FN2O. The van der Waals surface area contributed by atoms with Gasteiger partial charge in [-0.05, 0) is 30.5 Å². The van der Waals surface area contributed by atoms with Gasteiger partial charge >= 0.3 is 0 Å². The van der Waals surface area contributed by atoms with Gasteiger partial charge in [-0.25, -0.2) is 4.39 Å². The van der Waals surface area contributed by atoms with Crippen LogP contribution in [0.5, 0.6) is 0 Å². The SMILES string of the molecule is CCN1CCN(C(=O)C2CC2c2ccccc2F)CC1. The minimum Gasteiger partial charge on any atom is -0.340 e. The van der Waals surface area contributed by atoms with Gasteiger partial charge in [-0.2, -0.15) is 0 Å². The Morgan fingerprint density at radius 2 is 1.95 bits per heavy atom. The Bertz CT molecular complexity index is 497. The summed E-state index contributed by atoms with van der Waals surface area (Å²) in [6, 6.07) is 6.83. The molecule has 0 spiro atoms. The van der Waals surface area contributed by atoms with E-state index in [1.54, 1.807) is 6.07 Å². The first-order valence-electron chi connectivity index (χ1n) is 7.46. The first-order chi connectivity index (χ1) is 9.70. The van der Waals surface area contributed by atoms with Crippen LogP contribution in [-0.2, 0) is 4.79 Å². The van der Waals surface area contributed by atoms with Crippen molar-refractivity contribution in [1.29, 1.82) is 0 Å². The number of carbonyl (C=O) groups is 1. The minimum absolute atomic E-state index is 0.0000709. The van der Waals surface area contributed by atoms with Crippen LogP contribution in [-0.4, -0.2) is 48.4 Å². The number of hydrogen-bond acceptors (Lipinski definition) is 2. The van der Waals surface area contributed by atoms with Crippen LogP contribution in [0.15, 0.2) is 24.3 Å². The Morgan fingerprint density at radius 3 is 2.60 bits per heavy atom. The summed E-state index contributed by atoms with van der Waals surface area (Å²) in [7, 11) is 0. The maximum Gasteiger partial charge on any atom is 0.226 e. The highest BCUT2D eigenvalue weighted by atomic mass is 19.1. The average molecular weight is 276 g/mol. The van der Waals surface area contributed by atoms with Crippen molar-refractivity contribution in [2.45, 2.75) is 19.3 Å². The molecule has 2 fully saturated rings. The van der Waals surface area contributed by atoms with Gasteiger partial charge in [-0.1, -0.05) is 25.1 Å². The lowest BCUT2D eigenvalue weighted by Gasteiger charge is -2.34. The Hall–Kier alpha value is -1.42. The van der Waals surface area contributed by atoms with Gasteiger partial charge in [0.05, 0.1) is 0 Å². The zero-order valence-corrected chi connectivity index (χ0v) is 11.9. The highest BCUT2D eigenvalue weighted by Gasteiger charge is 2.47. The van der Waals surface area contributed by atoms with Gasteiger partial charge in [0.2, 0.25) is 5.91 Å². The summed E-state index contributed by atoms with van der Waals surface area (Å²) in [6.07, 6.45) is 0.799. The molecule has 2 aliphatic rings. The number of halogens is 1. The van der Waals surface area contributed by atoms with Crippen molar-refractivity contribution < 1.29 is 9.18 Å². The fourth-order valence-electron chi connectivity index (χ4n) is 3.11. The number of benzene rings is 1. The standard InChI is InChI=1S/C16H21FN2O/c1-2-18-7-9-19(10-8-18)16(20)14-11-13(14)12-5-3-4-6-15(12)17/h3-6,13-14H,2,7-11H2,1H3. The van der Waals surface area contributed by atoms with Gasteiger partial charge in [0.1, 0.15) is 5.82 Å². The van der Waals surface area contributed by atoms with Crippen LogP contribution >= 0.6 is 0 Å². The summed E-state index contributed by atoms with van der Waals surface area (Å²) in [5, 5.41) is 0. The van der Waals surface area contributed by atoms with Crippen LogP contribution < -0.4 is 0 Å². The van der Waals surface area contributed by atoms with E-state index in [9.17, 15) is 9.18 Å². The molecule has 3 nitrogen and oxygen atoms in total. The Labute approximate surface area is 119 Å². The molecule has 20 heavy (non-hydrogen) atoms. The van der Waals surface area contributed by atoms with Gasteiger partial charge in [-0.15, -0.1) is 0 Å². The monoisotopic (exact) mass is 276 g/mol. The molecule has 0 bridgehead atoms. The number of likely N-dealkylation sites (N-methyl/N-ethyl adjacent to an activating group) is 1. The third kappa shape index (κ3) is 2.57. The van der Waals surface area contributed by atoms with E-state index in [-0.39, 0.29) is 23.6 Å². The summed E-state index contributed by atoms with van der Waals surface area (Å²) in [4.78, 5) is 16.7. The van der Waals surface area contributed by atoms with Gasteiger partial charge in [0.25, 0.3) is 0 Å². The Morgan fingerprint density at radius 1 is 1.25 bits per heavy atom. The van der Waals surface area contributed by atoms with Crippen LogP contribution in [0.1, 0.15) is 24.8 Å². The quantitative estimate of drug-likeness (QED) is 0.844. The minimum atomic E-state index is -0.177. The van der Waals surface area contributed by atoms with E-state index in [2.05, 4.69) is 11.8 Å². The molecule has 0 radical (unpaired) electrons. The molecule has 1 aromatic rings. The molecule has 1 aliphatic heterocycles. The van der Waals surface area contributed by atoms with Crippen molar-refractivity contribution in [2.24, 2.45) is 5.92 Å². The summed E-state index contributed by atoms with van der Waals surface area (Å²) < 4.78 is 13.7. The lowest BCUT2D eigenvalue weighted by atomic mass is 10.1. The third-order valence-electron chi connectivity index (χ3n) is 4.54. The highest BCUT2D eigenvalue weighted by Crippen LogP contribution is 2.49. The van der Waals surface area contributed by atoms with Crippen LogP contribution in [0.2, 0.25) is 0 Å². The number of rotatable bonds is 3. The van der Waals surface area contributed by atoms with Crippen LogP contribution in [0, 0.1) is 11.7 Å².